The fraction of sp³-hybridized carbons (Fsp3) is 0.350. The van der Waals surface area contributed by atoms with E-state index in [1.54, 1.807) is 13.0 Å². The second-order valence-corrected chi connectivity index (χ2v) is 8.59. The molecule has 27 heavy (non-hydrogen) atoms. The first-order chi connectivity index (χ1) is 12.7. The van der Waals surface area contributed by atoms with E-state index in [4.69, 9.17) is 0 Å². The molecule has 0 radical (unpaired) electrons. The Labute approximate surface area is 161 Å². The van der Waals surface area contributed by atoms with Crippen LogP contribution in [0.3, 0.4) is 0 Å². The molecule has 0 saturated heterocycles. The van der Waals surface area contributed by atoms with Crippen molar-refractivity contribution < 1.29 is 13.2 Å². The Morgan fingerprint density at radius 1 is 1.11 bits per heavy atom. The van der Waals surface area contributed by atoms with E-state index < -0.39 is 10.0 Å². The number of nitrogens with zero attached hydrogens (tertiary/aromatic N) is 1. The molecule has 0 bridgehead atoms. The van der Waals surface area contributed by atoms with Crippen LogP contribution in [0.4, 0.5) is 0 Å². The second-order valence-electron chi connectivity index (χ2n) is 6.70. The van der Waals surface area contributed by atoms with Crippen molar-refractivity contribution in [3.8, 4) is 0 Å². The van der Waals surface area contributed by atoms with Crippen molar-refractivity contribution in [2.75, 3.05) is 27.7 Å². The van der Waals surface area contributed by atoms with Gasteiger partial charge in [-0.3, -0.25) is 4.79 Å². The highest BCUT2D eigenvalue weighted by molar-refractivity contribution is 7.89. The summed E-state index contributed by atoms with van der Waals surface area (Å²) in [5.41, 5.74) is 2.29. The molecule has 2 rings (SSSR count). The Balaban J connectivity index is 2.12. The van der Waals surface area contributed by atoms with Crippen molar-refractivity contribution >= 4 is 15.9 Å². The summed E-state index contributed by atoms with van der Waals surface area (Å²) >= 11 is 0. The number of likely N-dealkylation sites (N-methyl/N-ethyl adjacent to an activating group) is 1. The fourth-order valence-electron chi connectivity index (χ4n) is 2.76. The van der Waals surface area contributed by atoms with Crippen LogP contribution >= 0.6 is 0 Å². The van der Waals surface area contributed by atoms with Gasteiger partial charge in [0.05, 0.1) is 4.90 Å². The lowest BCUT2D eigenvalue weighted by Crippen LogP contribution is -2.41. The average Bonchev–Trinajstić information content (AvgIpc) is 2.65. The number of sulfonamides is 1. The number of nitrogens with one attached hydrogen (secondary N) is 2. The molecule has 2 N–H and O–H groups in total. The predicted molar refractivity (Wildman–Crippen MR) is 107 cm³/mol. The third-order valence-corrected chi connectivity index (χ3v) is 5.99. The Bertz CT molecular complexity index is 881. The van der Waals surface area contributed by atoms with Crippen molar-refractivity contribution in [1.82, 2.24) is 14.9 Å². The van der Waals surface area contributed by atoms with E-state index in [0.717, 1.165) is 12.0 Å². The van der Waals surface area contributed by atoms with Crippen LogP contribution in [0.25, 0.3) is 0 Å². The van der Waals surface area contributed by atoms with E-state index in [9.17, 15) is 13.2 Å². The molecule has 0 fully saturated rings. The van der Waals surface area contributed by atoms with Gasteiger partial charge in [-0.15, -0.1) is 0 Å². The van der Waals surface area contributed by atoms with Gasteiger partial charge in [-0.25, -0.2) is 13.1 Å². The minimum Gasteiger partial charge on any atom is -0.350 e. The molecule has 0 aliphatic carbocycles. The summed E-state index contributed by atoms with van der Waals surface area (Å²) in [5.74, 6) is -0.277. The summed E-state index contributed by atoms with van der Waals surface area (Å²) in [6.07, 6.45) is 0.807. The van der Waals surface area contributed by atoms with Crippen LogP contribution in [0.5, 0.6) is 0 Å². The Morgan fingerprint density at radius 2 is 1.78 bits per heavy atom. The molecule has 2 aromatic rings. The molecule has 0 saturated carbocycles. The molecule has 7 heteroatoms. The van der Waals surface area contributed by atoms with E-state index in [-0.39, 0.29) is 16.8 Å². The number of aryl methyl sites for hydroxylation is 1. The maximum atomic E-state index is 12.7. The highest BCUT2D eigenvalue weighted by Gasteiger charge is 2.18. The summed E-state index contributed by atoms with van der Waals surface area (Å²) in [5, 5.41) is 2.94. The van der Waals surface area contributed by atoms with Crippen molar-refractivity contribution in [2.24, 2.45) is 0 Å². The average molecular weight is 390 g/mol. The maximum absolute atomic E-state index is 12.7. The molecular formula is C20H27N3O3S. The van der Waals surface area contributed by atoms with Crippen molar-refractivity contribution in [1.29, 1.82) is 0 Å². The number of carbonyl (C=O) groups excluding carboxylic acids is 1. The fourth-order valence-corrected chi connectivity index (χ4v) is 3.52. The Morgan fingerprint density at radius 3 is 2.37 bits per heavy atom. The van der Waals surface area contributed by atoms with E-state index in [0.29, 0.717) is 12.1 Å². The normalized spacial score (nSPS) is 12.8. The molecule has 0 aliphatic heterocycles. The number of amides is 1. The van der Waals surface area contributed by atoms with Crippen LogP contribution in [0.15, 0.2) is 53.4 Å². The Kier molecular flexibility index (Phi) is 7.12. The molecule has 0 aromatic heterocycles. The first kappa shape index (κ1) is 21.1. The van der Waals surface area contributed by atoms with Gasteiger partial charge < -0.3 is 10.2 Å². The SMILES string of the molecule is CNS(=O)(=O)c1ccc(C)c(C(=O)NCC(Cc2ccccc2)N(C)C)c1. The molecule has 0 aliphatic rings. The molecule has 2 aromatic carbocycles. The van der Waals surface area contributed by atoms with Crippen LogP contribution < -0.4 is 10.0 Å². The van der Waals surface area contributed by atoms with Gasteiger partial charge in [-0.05, 0) is 57.7 Å². The predicted octanol–water partition coefficient (Wildman–Crippen LogP) is 1.81. The third kappa shape index (κ3) is 5.63. The van der Waals surface area contributed by atoms with Gasteiger partial charge >= 0.3 is 0 Å². The minimum atomic E-state index is -3.59. The smallest absolute Gasteiger partial charge is 0.251 e. The molecule has 0 spiro atoms. The van der Waals surface area contributed by atoms with Crippen LogP contribution in [-0.2, 0) is 16.4 Å². The van der Waals surface area contributed by atoms with Gasteiger partial charge in [0, 0.05) is 18.2 Å². The number of rotatable bonds is 8. The van der Waals surface area contributed by atoms with Gasteiger partial charge in [0.25, 0.3) is 5.91 Å². The first-order valence-electron chi connectivity index (χ1n) is 8.77. The number of carbonyl (C=O) groups is 1. The first-order valence-corrected chi connectivity index (χ1v) is 10.3. The van der Waals surface area contributed by atoms with Gasteiger partial charge in [0.15, 0.2) is 0 Å². The van der Waals surface area contributed by atoms with Crippen LogP contribution in [0.1, 0.15) is 21.5 Å². The van der Waals surface area contributed by atoms with Crippen molar-refractivity contribution in [3.05, 3.63) is 65.2 Å². The van der Waals surface area contributed by atoms with Gasteiger partial charge in [0.1, 0.15) is 0 Å². The highest BCUT2D eigenvalue weighted by Crippen LogP contribution is 2.16. The van der Waals surface area contributed by atoms with Crippen LogP contribution in [-0.4, -0.2) is 53.0 Å². The standard InChI is InChI=1S/C20H27N3O3S/c1-15-10-11-18(27(25,26)21-2)13-19(15)20(24)22-14-17(23(3)4)12-16-8-6-5-7-9-16/h5-11,13,17,21H,12,14H2,1-4H3,(H,22,24). The van der Waals surface area contributed by atoms with Crippen molar-refractivity contribution in [3.63, 3.8) is 0 Å². The lowest BCUT2D eigenvalue weighted by molar-refractivity contribution is 0.0941. The van der Waals surface area contributed by atoms with E-state index in [2.05, 4.69) is 27.1 Å². The lowest BCUT2D eigenvalue weighted by Gasteiger charge is -2.25. The summed E-state index contributed by atoms with van der Waals surface area (Å²) in [6, 6.07) is 14.8. The molecule has 146 valence electrons. The number of hydrogen-bond acceptors (Lipinski definition) is 4. The topological polar surface area (TPSA) is 78.5 Å². The van der Waals surface area contributed by atoms with Crippen molar-refractivity contribution in [2.45, 2.75) is 24.3 Å². The van der Waals surface area contributed by atoms with Gasteiger partial charge in [0.2, 0.25) is 10.0 Å². The zero-order chi connectivity index (χ0) is 20.0. The quantitative estimate of drug-likeness (QED) is 0.722. The Hall–Kier alpha value is -2.22. The minimum absolute atomic E-state index is 0.0780. The molecule has 0 heterocycles. The van der Waals surface area contributed by atoms with Crippen LogP contribution in [0, 0.1) is 6.92 Å². The summed E-state index contributed by atoms with van der Waals surface area (Å²) in [7, 11) is 1.71. The maximum Gasteiger partial charge on any atom is 0.251 e. The number of hydrogen-bond donors (Lipinski definition) is 2. The monoisotopic (exact) mass is 389 g/mol. The van der Waals surface area contributed by atoms with Gasteiger partial charge in [-0.1, -0.05) is 36.4 Å². The largest absolute Gasteiger partial charge is 0.350 e. The van der Waals surface area contributed by atoms with E-state index >= 15 is 0 Å². The summed E-state index contributed by atoms with van der Waals surface area (Å²) < 4.78 is 26.3. The molecule has 1 atom stereocenters. The summed E-state index contributed by atoms with van der Waals surface area (Å²) in [4.78, 5) is 14.8. The second kappa shape index (κ2) is 9.12. The molecule has 6 nitrogen and oxygen atoms in total. The summed E-state index contributed by atoms with van der Waals surface area (Å²) in [6.45, 7) is 2.25. The molecule has 1 unspecified atom stereocenters. The lowest BCUT2D eigenvalue weighted by atomic mass is 10.0. The number of benzene rings is 2. The third-order valence-electron chi connectivity index (χ3n) is 4.58. The zero-order valence-corrected chi connectivity index (χ0v) is 17.0. The van der Waals surface area contributed by atoms with E-state index in [1.807, 2.05) is 32.3 Å². The van der Waals surface area contributed by atoms with Crippen LogP contribution in [0.2, 0.25) is 0 Å². The van der Waals surface area contributed by atoms with Gasteiger partial charge in [-0.2, -0.15) is 0 Å². The zero-order valence-electron chi connectivity index (χ0n) is 16.2. The molecular weight excluding hydrogens is 362 g/mol. The van der Waals surface area contributed by atoms with E-state index in [1.165, 1.54) is 24.7 Å². The molecule has 1 amide bonds. The highest BCUT2D eigenvalue weighted by atomic mass is 32.2.